The minimum atomic E-state index is -1.25. The molecule has 0 fully saturated rings. The fourth-order valence-corrected chi connectivity index (χ4v) is 2.25. The van der Waals surface area contributed by atoms with E-state index in [1.807, 2.05) is 24.3 Å². The second-order valence-electron chi connectivity index (χ2n) is 5.32. The van der Waals surface area contributed by atoms with E-state index < -0.39 is 5.60 Å². The topological polar surface area (TPSA) is 54.4 Å². The monoisotopic (exact) mass is 282 g/mol. The summed E-state index contributed by atoms with van der Waals surface area (Å²) in [5, 5.41) is 10.4. The van der Waals surface area contributed by atoms with Gasteiger partial charge in [0.15, 0.2) is 5.78 Å². The van der Waals surface area contributed by atoms with Gasteiger partial charge in [-0.3, -0.25) is 9.59 Å². The molecule has 0 unspecified atom stereocenters. The molecule has 2 rings (SSSR count). The molecule has 0 saturated heterocycles. The molecule has 0 aliphatic rings. The highest BCUT2D eigenvalue weighted by Gasteiger charge is 2.27. The second kappa shape index (κ2) is 6.46. The minimum absolute atomic E-state index is 0.0738. The minimum Gasteiger partial charge on any atom is -0.385 e. The molecule has 3 nitrogen and oxygen atoms in total. The van der Waals surface area contributed by atoms with Crippen LogP contribution in [0.25, 0.3) is 0 Å². The number of hydrogen-bond acceptors (Lipinski definition) is 3. The molecular formula is C18H18O3. The first kappa shape index (κ1) is 15.1. The smallest absolute Gasteiger partial charge is 0.170 e. The van der Waals surface area contributed by atoms with Gasteiger partial charge in [0, 0.05) is 12.0 Å². The highest BCUT2D eigenvalue weighted by molar-refractivity contribution is 6.08. The largest absolute Gasteiger partial charge is 0.385 e. The molecule has 0 heterocycles. The molecule has 3 heteroatoms. The van der Waals surface area contributed by atoms with E-state index in [2.05, 4.69) is 0 Å². The molecule has 108 valence electrons. The molecule has 0 aromatic heterocycles. The summed E-state index contributed by atoms with van der Waals surface area (Å²) in [5.74, 6) is -0.484. The van der Waals surface area contributed by atoms with E-state index >= 15 is 0 Å². The Balaban J connectivity index is 2.00. The maximum atomic E-state index is 12.0. The summed E-state index contributed by atoms with van der Waals surface area (Å²) < 4.78 is 0. The lowest BCUT2D eigenvalue weighted by Gasteiger charge is -2.22. The molecule has 1 atom stereocenters. The number of hydrogen-bond donors (Lipinski definition) is 1. The van der Waals surface area contributed by atoms with Crippen LogP contribution in [0.3, 0.4) is 0 Å². The first-order valence-electron chi connectivity index (χ1n) is 6.87. The van der Waals surface area contributed by atoms with E-state index in [0.717, 1.165) is 0 Å². The SMILES string of the molecule is C[C@@](O)(CC(=O)CC(=O)c1ccccc1)c1ccccc1. The van der Waals surface area contributed by atoms with Crippen molar-refractivity contribution < 1.29 is 14.7 Å². The van der Waals surface area contributed by atoms with Crippen LogP contribution in [0.2, 0.25) is 0 Å². The number of carbonyl (C=O) groups excluding carboxylic acids is 2. The number of ketones is 2. The summed E-state index contributed by atoms with van der Waals surface area (Å²) in [4.78, 5) is 24.0. The summed E-state index contributed by atoms with van der Waals surface area (Å²) in [5.41, 5.74) is -0.0642. The van der Waals surface area contributed by atoms with E-state index in [0.29, 0.717) is 11.1 Å². The Kier molecular flexibility index (Phi) is 4.66. The zero-order valence-electron chi connectivity index (χ0n) is 12.0. The Labute approximate surface area is 124 Å². The van der Waals surface area contributed by atoms with Crippen LogP contribution in [0.1, 0.15) is 35.7 Å². The predicted molar refractivity (Wildman–Crippen MR) is 81.0 cm³/mol. The van der Waals surface area contributed by atoms with E-state index in [9.17, 15) is 14.7 Å². The number of benzene rings is 2. The van der Waals surface area contributed by atoms with Crippen LogP contribution < -0.4 is 0 Å². The maximum Gasteiger partial charge on any atom is 0.170 e. The van der Waals surface area contributed by atoms with Crippen LogP contribution in [0.5, 0.6) is 0 Å². The predicted octanol–water partition coefficient (Wildman–Crippen LogP) is 3.13. The van der Waals surface area contributed by atoms with Crippen molar-refractivity contribution in [2.75, 3.05) is 0 Å². The number of Topliss-reactive ketones (excluding diaryl/α,β-unsaturated/α-hetero) is 2. The van der Waals surface area contributed by atoms with Crippen molar-refractivity contribution in [3.8, 4) is 0 Å². The van der Waals surface area contributed by atoms with Gasteiger partial charge in [0.25, 0.3) is 0 Å². The van der Waals surface area contributed by atoms with Crippen molar-refractivity contribution in [3.05, 3.63) is 71.8 Å². The maximum absolute atomic E-state index is 12.0. The summed E-state index contributed by atoms with van der Waals surface area (Å²) >= 11 is 0. The first-order chi connectivity index (χ1) is 9.99. The van der Waals surface area contributed by atoms with Gasteiger partial charge in [-0.05, 0) is 12.5 Å². The van der Waals surface area contributed by atoms with Gasteiger partial charge < -0.3 is 5.11 Å². The zero-order valence-corrected chi connectivity index (χ0v) is 12.0. The Bertz CT molecular complexity index is 615. The highest BCUT2D eigenvalue weighted by Crippen LogP contribution is 2.25. The number of aliphatic hydroxyl groups is 1. The third kappa shape index (κ3) is 4.10. The van der Waals surface area contributed by atoms with Crippen molar-refractivity contribution >= 4 is 11.6 Å². The van der Waals surface area contributed by atoms with E-state index in [1.54, 1.807) is 43.3 Å². The summed E-state index contributed by atoms with van der Waals surface area (Å²) in [6.45, 7) is 1.59. The standard InChI is InChI=1S/C18H18O3/c1-18(21,15-10-6-3-7-11-15)13-16(19)12-17(20)14-8-4-2-5-9-14/h2-11,21H,12-13H2,1H3/t18-/m1/s1. The van der Waals surface area contributed by atoms with Crippen molar-refractivity contribution in [1.29, 1.82) is 0 Å². The zero-order chi connectivity index (χ0) is 15.3. The lowest BCUT2D eigenvalue weighted by molar-refractivity contribution is -0.122. The molecule has 2 aromatic carbocycles. The average molecular weight is 282 g/mol. The van der Waals surface area contributed by atoms with Gasteiger partial charge in [-0.15, -0.1) is 0 Å². The Morgan fingerprint density at radius 2 is 1.48 bits per heavy atom. The molecule has 1 N–H and O–H groups in total. The third-order valence-electron chi connectivity index (χ3n) is 3.39. The van der Waals surface area contributed by atoms with E-state index in [-0.39, 0.29) is 24.4 Å². The van der Waals surface area contributed by atoms with E-state index in [4.69, 9.17) is 0 Å². The van der Waals surface area contributed by atoms with Crippen LogP contribution >= 0.6 is 0 Å². The molecular weight excluding hydrogens is 264 g/mol. The van der Waals surface area contributed by atoms with Gasteiger partial charge in [-0.25, -0.2) is 0 Å². The van der Waals surface area contributed by atoms with Crippen LogP contribution in [0.4, 0.5) is 0 Å². The lowest BCUT2D eigenvalue weighted by atomic mass is 9.89. The van der Waals surface area contributed by atoms with Crippen molar-refractivity contribution in [3.63, 3.8) is 0 Å². The number of carbonyl (C=O) groups is 2. The number of rotatable bonds is 6. The summed E-state index contributed by atoms with van der Waals surface area (Å²) in [6.07, 6.45) is -0.261. The van der Waals surface area contributed by atoms with Crippen molar-refractivity contribution in [2.45, 2.75) is 25.4 Å². The average Bonchev–Trinajstić information content (AvgIpc) is 2.48. The lowest BCUT2D eigenvalue weighted by Crippen LogP contribution is -2.26. The van der Waals surface area contributed by atoms with Crippen LogP contribution in [0.15, 0.2) is 60.7 Å². The molecule has 0 radical (unpaired) electrons. The molecule has 0 amide bonds. The van der Waals surface area contributed by atoms with Crippen LogP contribution in [0, 0.1) is 0 Å². The Hall–Kier alpha value is -2.26. The first-order valence-corrected chi connectivity index (χ1v) is 6.87. The van der Waals surface area contributed by atoms with Crippen LogP contribution in [-0.4, -0.2) is 16.7 Å². The summed E-state index contributed by atoms with van der Waals surface area (Å²) in [6, 6.07) is 17.7. The second-order valence-corrected chi connectivity index (χ2v) is 5.32. The molecule has 0 aliphatic heterocycles. The van der Waals surface area contributed by atoms with Crippen molar-refractivity contribution in [1.82, 2.24) is 0 Å². The fourth-order valence-electron chi connectivity index (χ4n) is 2.25. The Morgan fingerprint density at radius 3 is 2.05 bits per heavy atom. The summed E-state index contributed by atoms with van der Waals surface area (Å²) in [7, 11) is 0. The molecule has 21 heavy (non-hydrogen) atoms. The van der Waals surface area contributed by atoms with Crippen LogP contribution in [-0.2, 0) is 10.4 Å². The van der Waals surface area contributed by atoms with Gasteiger partial charge in [0.2, 0.25) is 0 Å². The molecule has 0 bridgehead atoms. The van der Waals surface area contributed by atoms with Crippen molar-refractivity contribution in [2.24, 2.45) is 0 Å². The molecule has 0 aliphatic carbocycles. The van der Waals surface area contributed by atoms with Gasteiger partial charge in [-0.1, -0.05) is 60.7 Å². The molecule has 0 spiro atoms. The highest BCUT2D eigenvalue weighted by atomic mass is 16.3. The van der Waals surface area contributed by atoms with E-state index in [1.165, 1.54) is 0 Å². The molecule has 0 saturated carbocycles. The normalized spacial score (nSPS) is 13.4. The van der Waals surface area contributed by atoms with Gasteiger partial charge >= 0.3 is 0 Å². The quantitative estimate of drug-likeness (QED) is 0.654. The third-order valence-corrected chi connectivity index (χ3v) is 3.39. The molecule has 2 aromatic rings. The van der Waals surface area contributed by atoms with Gasteiger partial charge in [0.05, 0.1) is 12.0 Å². The fraction of sp³-hybridized carbons (Fsp3) is 0.222. The Morgan fingerprint density at radius 1 is 0.952 bits per heavy atom. The van der Waals surface area contributed by atoms with Gasteiger partial charge in [-0.2, -0.15) is 0 Å². The van der Waals surface area contributed by atoms with Gasteiger partial charge in [0.1, 0.15) is 5.78 Å².